The van der Waals surface area contributed by atoms with Gasteiger partial charge in [0.05, 0.1) is 12.8 Å². The monoisotopic (exact) mass is 449 g/mol. The molecule has 0 radical (unpaired) electrons. The summed E-state index contributed by atoms with van der Waals surface area (Å²) in [5, 5.41) is 2.88. The van der Waals surface area contributed by atoms with Crippen LogP contribution in [0.2, 0.25) is 0 Å². The van der Waals surface area contributed by atoms with E-state index in [2.05, 4.69) is 15.3 Å². The van der Waals surface area contributed by atoms with E-state index in [0.717, 1.165) is 4.90 Å². The van der Waals surface area contributed by atoms with Gasteiger partial charge in [-0.1, -0.05) is 0 Å². The van der Waals surface area contributed by atoms with E-state index in [1.165, 1.54) is 4.52 Å². The number of anilines is 1. The second-order valence-corrected chi connectivity index (χ2v) is 8.46. The van der Waals surface area contributed by atoms with Gasteiger partial charge in [-0.15, -0.1) is 11.8 Å². The summed E-state index contributed by atoms with van der Waals surface area (Å²) in [6.07, 6.45) is 1.63. The van der Waals surface area contributed by atoms with Crippen molar-refractivity contribution in [1.82, 2.24) is 19.2 Å². The van der Waals surface area contributed by atoms with Gasteiger partial charge in [0.15, 0.2) is 0 Å². The lowest BCUT2D eigenvalue weighted by Gasteiger charge is -2.09. The van der Waals surface area contributed by atoms with Crippen molar-refractivity contribution in [2.45, 2.75) is 30.5 Å². The third kappa shape index (κ3) is 4.67. The molecule has 0 atom stereocenters. The maximum atomic E-state index is 12.5. The SMILES string of the molecule is COc1ccc(C(=O)Nc2ccc(SCc3cc(=O)n4c(ncn4C(C)C)n3)cc2)cc1. The number of carbonyl (C=O) groups excluding carboxylic acids is 1. The Balaban J connectivity index is 1.39. The van der Waals surface area contributed by atoms with Crippen LogP contribution in [0.25, 0.3) is 5.78 Å². The van der Waals surface area contributed by atoms with Crippen molar-refractivity contribution in [2.24, 2.45) is 0 Å². The van der Waals surface area contributed by atoms with Gasteiger partial charge >= 0.3 is 0 Å². The molecule has 1 amide bonds. The molecule has 2 aromatic heterocycles. The van der Waals surface area contributed by atoms with Crippen LogP contribution in [0.3, 0.4) is 0 Å². The van der Waals surface area contributed by atoms with E-state index < -0.39 is 0 Å². The largest absolute Gasteiger partial charge is 0.497 e. The summed E-state index contributed by atoms with van der Waals surface area (Å²) in [5.74, 6) is 1.45. The van der Waals surface area contributed by atoms with Gasteiger partial charge in [0.25, 0.3) is 17.2 Å². The molecule has 9 heteroatoms. The molecule has 4 rings (SSSR count). The first kappa shape index (κ1) is 21.6. The highest BCUT2D eigenvalue weighted by Gasteiger charge is 2.11. The Morgan fingerprint density at radius 2 is 1.84 bits per heavy atom. The van der Waals surface area contributed by atoms with E-state index in [1.807, 2.05) is 38.1 Å². The Labute approximate surface area is 189 Å². The number of carbonyl (C=O) groups is 1. The maximum Gasteiger partial charge on any atom is 0.274 e. The third-order valence-electron chi connectivity index (χ3n) is 4.83. The normalized spacial score (nSPS) is 11.1. The molecule has 2 aromatic carbocycles. The van der Waals surface area contributed by atoms with E-state index in [4.69, 9.17) is 4.74 Å². The number of benzene rings is 2. The molecule has 0 saturated carbocycles. The molecule has 8 nitrogen and oxygen atoms in total. The number of thioether (sulfide) groups is 1. The van der Waals surface area contributed by atoms with Gasteiger partial charge in [-0.2, -0.15) is 9.50 Å². The summed E-state index contributed by atoms with van der Waals surface area (Å²) >= 11 is 1.56. The highest BCUT2D eigenvalue weighted by Crippen LogP contribution is 2.24. The quantitative estimate of drug-likeness (QED) is 0.429. The molecular formula is C23H23N5O3S. The van der Waals surface area contributed by atoms with Crippen LogP contribution in [-0.2, 0) is 5.75 Å². The molecule has 0 fully saturated rings. The van der Waals surface area contributed by atoms with Crippen molar-refractivity contribution in [2.75, 3.05) is 12.4 Å². The molecular weight excluding hydrogens is 426 g/mol. The zero-order valence-corrected chi connectivity index (χ0v) is 18.8. The standard InChI is InChI=1S/C23H23N5O3S/c1-15(2)27-14-24-23-26-18(12-21(29)28(23)27)13-32-20-10-6-17(7-11-20)25-22(30)16-4-8-19(31-3)9-5-16/h4-12,14-15H,13H2,1-3H3,(H,25,30). The summed E-state index contributed by atoms with van der Waals surface area (Å²) in [6, 6.07) is 16.1. The number of ether oxygens (including phenoxy) is 1. The lowest BCUT2D eigenvalue weighted by Crippen LogP contribution is -2.22. The molecule has 0 spiro atoms. The Hall–Kier alpha value is -3.59. The minimum absolute atomic E-state index is 0.114. The molecule has 0 unspecified atom stereocenters. The fraction of sp³-hybridized carbons (Fsp3) is 0.217. The lowest BCUT2D eigenvalue weighted by molar-refractivity contribution is 0.102. The predicted octanol–water partition coefficient (Wildman–Crippen LogP) is 4.03. The molecule has 32 heavy (non-hydrogen) atoms. The molecule has 4 aromatic rings. The first-order valence-corrected chi connectivity index (χ1v) is 11.1. The van der Waals surface area contributed by atoms with Crippen molar-refractivity contribution in [3.05, 3.63) is 82.5 Å². The van der Waals surface area contributed by atoms with Crippen LogP contribution in [0.5, 0.6) is 5.75 Å². The molecule has 2 heterocycles. The summed E-state index contributed by atoms with van der Waals surface area (Å²) in [6.45, 7) is 3.97. The van der Waals surface area contributed by atoms with Crippen LogP contribution in [0.15, 0.2) is 70.6 Å². The maximum absolute atomic E-state index is 12.5. The van der Waals surface area contributed by atoms with Crippen LogP contribution in [0, 0.1) is 0 Å². The first-order valence-electron chi connectivity index (χ1n) is 10.1. The lowest BCUT2D eigenvalue weighted by atomic mass is 10.2. The zero-order chi connectivity index (χ0) is 22.7. The fourth-order valence-electron chi connectivity index (χ4n) is 3.15. The van der Waals surface area contributed by atoms with Crippen molar-refractivity contribution < 1.29 is 9.53 Å². The molecule has 0 bridgehead atoms. The number of fused-ring (bicyclic) bond motifs is 1. The highest BCUT2D eigenvalue weighted by molar-refractivity contribution is 7.98. The minimum atomic E-state index is -0.188. The van der Waals surface area contributed by atoms with E-state index in [-0.39, 0.29) is 17.5 Å². The Morgan fingerprint density at radius 1 is 1.12 bits per heavy atom. The van der Waals surface area contributed by atoms with Gasteiger partial charge in [0.1, 0.15) is 12.1 Å². The Morgan fingerprint density at radius 3 is 2.50 bits per heavy atom. The zero-order valence-electron chi connectivity index (χ0n) is 18.0. The molecule has 0 aliphatic heterocycles. The van der Waals surface area contributed by atoms with Gasteiger partial charge in [-0.05, 0) is 62.4 Å². The predicted molar refractivity (Wildman–Crippen MR) is 125 cm³/mol. The smallest absolute Gasteiger partial charge is 0.274 e. The molecule has 0 aliphatic rings. The van der Waals surface area contributed by atoms with Crippen molar-refractivity contribution >= 4 is 29.1 Å². The average molecular weight is 450 g/mol. The molecule has 164 valence electrons. The number of methoxy groups -OCH3 is 1. The third-order valence-corrected chi connectivity index (χ3v) is 5.88. The number of hydrogen-bond acceptors (Lipinski definition) is 6. The van der Waals surface area contributed by atoms with Gasteiger partial charge < -0.3 is 10.1 Å². The second-order valence-electron chi connectivity index (χ2n) is 7.41. The van der Waals surface area contributed by atoms with Crippen molar-refractivity contribution in [3.63, 3.8) is 0 Å². The Kier molecular flexibility index (Phi) is 6.27. The topological polar surface area (TPSA) is 90.5 Å². The number of rotatable bonds is 7. The number of nitrogens with one attached hydrogen (secondary N) is 1. The fourth-order valence-corrected chi connectivity index (χ4v) is 3.94. The van der Waals surface area contributed by atoms with Gasteiger partial charge in [-0.25, -0.2) is 4.98 Å². The molecule has 0 saturated heterocycles. The average Bonchev–Trinajstić information content (AvgIpc) is 3.24. The number of hydrogen-bond donors (Lipinski definition) is 1. The number of nitrogens with zero attached hydrogens (tertiary/aromatic N) is 4. The van der Waals surface area contributed by atoms with Crippen molar-refractivity contribution in [3.8, 4) is 5.75 Å². The van der Waals surface area contributed by atoms with Crippen molar-refractivity contribution in [1.29, 1.82) is 0 Å². The summed E-state index contributed by atoms with van der Waals surface area (Å²) in [4.78, 5) is 34.6. The van der Waals surface area contributed by atoms with Crippen LogP contribution >= 0.6 is 11.8 Å². The second kappa shape index (κ2) is 9.27. The summed E-state index contributed by atoms with van der Waals surface area (Å²) in [7, 11) is 1.59. The summed E-state index contributed by atoms with van der Waals surface area (Å²) in [5.41, 5.74) is 1.78. The van der Waals surface area contributed by atoms with E-state index in [9.17, 15) is 9.59 Å². The number of aromatic nitrogens is 4. The van der Waals surface area contributed by atoms with Crippen LogP contribution < -0.4 is 15.6 Å². The van der Waals surface area contributed by atoms with Crippen LogP contribution in [-0.4, -0.2) is 32.2 Å². The molecule has 1 N–H and O–H groups in total. The van der Waals surface area contributed by atoms with Gasteiger partial charge in [-0.3, -0.25) is 14.3 Å². The van der Waals surface area contributed by atoms with Gasteiger partial charge in [0.2, 0.25) is 0 Å². The van der Waals surface area contributed by atoms with E-state index >= 15 is 0 Å². The summed E-state index contributed by atoms with van der Waals surface area (Å²) < 4.78 is 8.36. The van der Waals surface area contributed by atoms with E-state index in [1.54, 1.807) is 60.2 Å². The highest BCUT2D eigenvalue weighted by atomic mass is 32.2. The minimum Gasteiger partial charge on any atom is -0.497 e. The van der Waals surface area contributed by atoms with Gasteiger partial charge in [0, 0.05) is 34.0 Å². The Bertz CT molecular complexity index is 1290. The van der Waals surface area contributed by atoms with Crippen LogP contribution in [0.4, 0.5) is 5.69 Å². The van der Waals surface area contributed by atoms with Crippen LogP contribution in [0.1, 0.15) is 35.9 Å². The number of amides is 1. The first-order chi connectivity index (χ1) is 15.4. The van der Waals surface area contributed by atoms with E-state index in [0.29, 0.717) is 34.2 Å². The molecule has 0 aliphatic carbocycles.